The van der Waals surface area contributed by atoms with Gasteiger partial charge < -0.3 is 19.5 Å². The van der Waals surface area contributed by atoms with E-state index in [0.717, 1.165) is 16.9 Å². The minimum Gasteiger partial charge on any atom is -0.462 e. The van der Waals surface area contributed by atoms with Crippen molar-refractivity contribution in [2.75, 3.05) is 25.1 Å². The van der Waals surface area contributed by atoms with E-state index in [0.29, 0.717) is 5.56 Å². The number of rotatable bonds is 8. The second-order valence-electron chi connectivity index (χ2n) is 5.58. The Morgan fingerprint density at radius 2 is 1.59 bits per heavy atom. The van der Waals surface area contributed by atoms with Gasteiger partial charge in [0.1, 0.15) is 9.88 Å². The highest BCUT2D eigenvalue weighted by atomic mass is 32.1. The summed E-state index contributed by atoms with van der Waals surface area (Å²) >= 11 is 0.902. The van der Waals surface area contributed by atoms with E-state index in [2.05, 4.69) is 5.32 Å². The van der Waals surface area contributed by atoms with Gasteiger partial charge in [0.25, 0.3) is 5.91 Å². The smallest absolute Gasteiger partial charge is 0.348 e. The number of carbonyl (C=O) groups excluding carboxylic acids is 4. The molecule has 0 aliphatic heterocycles. The molecule has 1 aromatic rings. The van der Waals surface area contributed by atoms with Crippen molar-refractivity contribution in [2.24, 2.45) is 0 Å². The van der Waals surface area contributed by atoms with Crippen LogP contribution in [0, 0.1) is 6.92 Å². The molecule has 0 bridgehead atoms. The summed E-state index contributed by atoms with van der Waals surface area (Å²) in [5, 5.41) is 2.63. The van der Waals surface area contributed by atoms with E-state index in [1.54, 1.807) is 34.6 Å². The number of allylic oxidation sites excluding steroid dienone is 1. The standard InChI is InChI=1S/C18H23NO7S/c1-6-24-17(22)14-11(5)15(18(23)25-7-2)27-16(14)19-12(20)9-26-13(21)8-10(3)4/h8H,6-7,9H2,1-5H3,(H,19,20). The monoisotopic (exact) mass is 397 g/mol. The van der Waals surface area contributed by atoms with Crippen LogP contribution in [0.5, 0.6) is 0 Å². The first-order chi connectivity index (χ1) is 12.7. The van der Waals surface area contributed by atoms with Crippen molar-refractivity contribution in [3.05, 3.63) is 27.7 Å². The van der Waals surface area contributed by atoms with Crippen LogP contribution >= 0.6 is 11.3 Å². The molecule has 1 rings (SSSR count). The van der Waals surface area contributed by atoms with Crippen LogP contribution in [0.15, 0.2) is 11.6 Å². The summed E-state index contributed by atoms with van der Waals surface area (Å²) in [7, 11) is 0. The lowest BCUT2D eigenvalue weighted by atomic mass is 10.1. The van der Waals surface area contributed by atoms with Crippen molar-refractivity contribution in [2.45, 2.75) is 34.6 Å². The second-order valence-corrected chi connectivity index (χ2v) is 6.60. The van der Waals surface area contributed by atoms with Crippen molar-refractivity contribution >= 4 is 40.2 Å². The van der Waals surface area contributed by atoms with Crippen molar-refractivity contribution in [1.82, 2.24) is 0 Å². The maximum Gasteiger partial charge on any atom is 0.348 e. The van der Waals surface area contributed by atoms with Gasteiger partial charge in [-0.05, 0) is 40.2 Å². The van der Waals surface area contributed by atoms with Gasteiger partial charge in [-0.25, -0.2) is 14.4 Å². The van der Waals surface area contributed by atoms with Gasteiger partial charge in [-0.3, -0.25) is 4.79 Å². The maximum absolute atomic E-state index is 12.2. The highest BCUT2D eigenvalue weighted by Gasteiger charge is 2.27. The lowest BCUT2D eigenvalue weighted by molar-refractivity contribution is -0.142. The Labute approximate surface area is 161 Å². The van der Waals surface area contributed by atoms with Crippen LogP contribution in [0.25, 0.3) is 0 Å². The molecular formula is C18H23NO7S. The molecule has 0 aliphatic carbocycles. The van der Waals surface area contributed by atoms with Crippen molar-refractivity contribution in [3.63, 3.8) is 0 Å². The van der Waals surface area contributed by atoms with E-state index in [-0.39, 0.29) is 28.7 Å². The molecule has 0 fully saturated rings. The third-order valence-corrected chi connectivity index (χ3v) is 4.28. The van der Waals surface area contributed by atoms with E-state index in [9.17, 15) is 19.2 Å². The molecule has 0 atom stereocenters. The molecule has 27 heavy (non-hydrogen) atoms. The zero-order valence-electron chi connectivity index (χ0n) is 16.0. The SMILES string of the molecule is CCOC(=O)c1sc(NC(=O)COC(=O)C=C(C)C)c(C(=O)OCC)c1C. The fraction of sp³-hybridized carbons (Fsp3) is 0.444. The molecular weight excluding hydrogens is 374 g/mol. The van der Waals surface area contributed by atoms with Gasteiger partial charge in [0.05, 0.1) is 18.8 Å². The summed E-state index contributed by atoms with van der Waals surface area (Å²) in [5.41, 5.74) is 1.17. The average Bonchev–Trinajstić information content (AvgIpc) is 2.89. The third kappa shape index (κ3) is 6.52. The molecule has 0 unspecified atom stereocenters. The largest absolute Gasteiger partial charge is 0.462 e. The summed E-state index contributed by atoms with van der Waals surface area (Å²) < 4.78 is 14.8. The van der Waals surface area contributed by atoms with Crippen LogP contribution in [-0.4, -0.2) is 43.6 Å². The fourth-order valence-electron chi connectivity index (χ4n) is 2.02. The number of hydrogen-bond acceptors (Lipinski definition) is 8. The number of nitrogens with one attached hydrogen (secondary N) is 1. The van der Waals surface area contributed by atoms with E-state index in [1.807, 2.05) is 0 Å². The molecule has 148 valence electrons. The molecule has 1 amide bonds. The predicted molar refractivity (Wildman–Crippen MR) is 100.0 cm³/mol. The van der Waals surface area contributed by atoms with Gasteiger partial charge in [-0.15, -0.1) is 11.3 Å². The van der Waals surface area contributed by atoms with Crippen LogP contribution in [0.1, 0.15) is 53.3 Å². The van der Waals surface area contributed by atoms with E-state index in [1.165, 1.54) is 6.08 Å². The Morgan fingerprint density at radius 3 is 2.15 bits per heavy atom. The summed E-state index contributed by atoms with van der Waals surface area (Å²) in [6, 6.07) is 0. The van der Waals surface area contributed by atoms with Crippen LogP contribution in [0.2, 0.25) is 0 Å². The first kappa shape index (κ1) is 22.4. The summed E-state index contributed by atoms with van der Waals surface area (Å²) in [4.78, 5) is 48.1. The molecule has 1 aromatic heterocycles. The van der Waals surface area contributed by atoms with Gasteiger partial charge in [-0.2, -0.15) is 0 Å². The van der Waals surface area contributed by atoms with Crippen molar-refractivity contribution in [1.29, 1.82) is 0 Å². The molecule has 1 N–H and O–H groups in total. The molecule has 0 radical (unpaired) electrons. The summed E-state index contributed by atoms with van der Waals surface area (Å²) in [6.07, 6.45) is 1.26. The summed E-state index contributed by atoms with van der Waals surface area (Å²) in [5.74, 6) is -2.56. The van der Waals surface area contributed by atoms with E-state index < -0.39 is 30.4 Å². The first-order valence-corrected chi connectivity index (χ1v) is 9.11. The lowest BCUT2D eigenvalue weighted by Crippen LogP contribution is -2.21. The van der Waals surface area contributed by atoms with Crippen LogP contribution in [0.4, 0.5) is 5.00 Å². The second kappa shape index (κ2) is 10.5. The normalized spacial score (nSPS) is 9.96. The zero-order valence-corrected chi connectivity index (χ0v) is 16.8. The molecule has 8 nitrogen and oxygen atoms in total. The number of thiophene rings is 1. The highest BCUT2D eigenvalue weighted by molar-refractivity contribution is 7.18. The van der Waals surface area contributed by atoms with E-state index >= 15 is 0 Å². The predicted octanol–water partition coefficient (Wildman–Crippen LogP) is 2.86. The summed E-state index contributed by atoms with van der Waals surface area (Å²) in [6.45, 7) is 8.10. The minimum atomic E-state index is -0.668. The van der Waals surface area contributed by atoms with Crippen molar-refractivity contribution < 1.29 is 33.4 Å². The number of anilines is 1. The molecule has 0 spiro atoms. The number of amides is 1. The van der Waals surface area contributed by atoms with Gasteiger partial charge in [-0.1, -0.05) is 5.57 Å². The average molecular weight is 397 g/mol. The zero-order chi connectivity index (χ0) is 20.6. The molecule has 9 heteroatoms. The Bertz CT molecular complexity index is 760. The number of esters is 3. The van der Waals surface area contributed by atoms with Crippen LogP contribution < -0.4 is 5.32 Å². The molecule has 0 saturated heterocycles. The first-order valence-electron chi connectivity index (χ1n) is 8.30. The number of carbonyl (C=O) groups is 4. The third-order valence-electron chi connectivity index (χ3n) is 3.09. The maximum atomic E-state index is 12.2. The lowest BCUT2D eigenvalue weighted by Gasteiger charge is -2.07. The highest BCUT2D eigenvalue weighted by Crippen LogP contribution is 2.34. The van der Waals surface area contributed by atoms with Crippen molar-refractivity contribution in [3.8, 4) is 0 Å². The Hall–Kier alpha value is -2.68. The molecule has 0 aliphatic rings. The number of hydrogen-bond donors (Lipinski definition) is 1. The van der Waals surface area contributed by atoms with Gasteiger partial charge in [0.15, 0.2) is 6.61 Å². The van der Waals surface area contributed by atoms with Gasteiger partial charge >= 0.3 is 17.9 Å². The van der Waals surface area contributed by atoms with Gasteiger partial charge in [0, 0.05) is 6.08 Å². The quantitative estimate of drug-likeness (QED) is 0.408. The Balaban J connectivity index is 3.03. The molecule has 1 heterocycles. The fourth-order valence-corrected chi connectivity index (χ4v) is 3.12. The molecule has 0 aromatic carbocycles. The van der Waals surface area contributed by atoms with Gasteiger partial charge in [0.2, 0.25) is 0 Å². The van der Waals surface area contributed by atoms with Crippen LogP contribution in [-0.2, 0) is 23.8 Å². The minimum absolute atomic E-state index is 0.0777. The van der Waals surface area contributed by atoms with E-state index in [4.69, 9.17) is 14.2 Å². The topological polar surface area (TPSA) is 108 Å². The molecule has 0 saturated carbocycles. The Kier molecular flexibility index (Phi) is 8.67. The number of ether oxygens (including phenoxy) is 3. The van der Waals surface area contributed by atoms with Crippen LogP contribution in [0.3, 0.4) is 0 Å². The Morgan fingerprint density at radius 1 is 1.00 bits per heavy atom.